The first kappa shape index (κ1) is 17.5. The molecule has 0 saturated heterocycles. The van der Waals surface area contributed by atoms with E-state index >= 15 is 0 Å². The summed E-state index contributed by atoms with van der Waals surface area (Å²) in [5, 5.41) is 0. The average molecular weight is 343 g/mol. The Morgan fingerprint density at radius 3 is 1.92 bits per heavy atom. The highest BCUT2D eigenvalue weighted by Gasteiger charge is 2.09. The van der Waals surface area contributed by atoms with Crippen LogP contribution in [-0.2, 0) is 17.9 Å². The highest BCUT2D eigenvalue weighted by atomic mass is 16.5. The predicted octanol–water partition coefficient (Wildman–Crippen LogP) is 4.98. The Morgan fingerprint density at radius 1 is 0.808 bits per heavy atom. The summed E-state index contributed by atoms with van der Waals surface area (Å²) in [5.74, 6) is 0.0701. The Balaban J connectivity index is 1.77. The maximum absolute atomic E-state index is 11.3. The molecule has 3 nitrogen and oxygen atoms in total. The minimum absolute atomic E-state index is 0.451. The number of carbonyl (C=O) groups excluding carboxylic acids is 1. The molecule has 0 aliphatic heterocycles. The molecule has 26 heavy (non-hydrogen) atoms. The maximum Gasteiger partial charge on any atom is 0.335 e. The standard InChI is InChI=1S/C23H21NO2/c1-2-23(25)26-22-15-13-20(14-16-22)18-24(21-11-7-4-8-12-21)17-19-9-5-3-6-10-19/h2-16H,1,17-18H2. The van der Waals surface area contributed by atoms with E-state index in [1.807, 2.05) is 48.5 Å². The summed E-state index contributed by atoms with van der Waals surface area (Å²) in [7, 11) is 0. The lowest BCUT2D eigenvalue weighted by Crippen LogP contribution is -2.22. The van der Waals surface area contributed by atoms with Gasteiger partial charge in [0.15, 0.2) is 0 Å². The SMILES string of the molecule is C=CC(=O)Oc1ccc(CN(Cc2ccccc2)c2ccccc2)cc1. The van der Waals surface area contributed by atoms with Gasteiger partial charge in [0.1, 0.15) is 5.75 Å². The summed E-state index contributed by atoms with van der Waals surface area (Å²) in [6.07, 6.45) is 1.16. The number of para-hydroxylation sites is 1. The van der Waals surface area contributed by atoms with Gasteiger partial charge in [-0.15, -0.1) is 0 Å². The summed E-state index contributed by atoms with van der Waals surface area (Å²) in [6, 6.07) is 28.3. The van der Waals surface area contributed by atoms with E-state index in [4.69, 9.17) is 4.74 Å². The summed E-state index contributed by atoms with van der Waals surface area (Å²) in [5.41, 5.74) is 3.56. The Hall–Kier alpha value is -3.33. The molecule has 130 valence electrons. The summed E-state index contributed by atoms with van der Waals surface area (Å²) in [4.78, 5) is 13.6. The lowest BCUT2D eigenvalue weighted by Gasteiger charge is -2.25. The molecule has 0 aliphatic rings. The first-order valence-corrected chi connectivity index (χ1v) is 8.52. The van der Waals surface area contributed by atoms with Crippen LogP contribution in [0.5, 0.6) is 5.75 Å². The highest BCUT2D eigenvalue weighted by molar-refractivity contribution is 5.83. The molecular formula is C23H21NO2. The van der Waals surface area contributed by atoms with E-state index in [0.29, 0.717) is 5.75 Å². The molecular weight excluding hydrogens is 322 g/mol. The summed E-state index contributed by atoms with van der Waals surface area (Å²) >= 11 is 0. The van der Waals surface area contributed by atoms with Crippen LogP contribution in [0.25, 0.3) is 0 Å². The van der Waals surface area contributed by atoms with E-state index in [2.05, 4.69) is 47.9 Å². The van der Waals surface area contributed by atoms with Crippen LogP contribution in [0.4, 0.5) is 5.69 Å². The third kappa shape index (κ3) is 4.84. The first-order chi connectivity index (χ1) is 12.7. The van der Waals surface area contributed by atoms with Gasteiger partial charge >= 0.3 is 5.97 Å². The quantitative estimate of drug-likeness (QED) is 0.344. The third-order valence-corrected chi connectivity index (χ3v) is 4.02. The largest absolute Gasteiger partial charge is 0.423 e. The van der Waals surface area contributed by atoms with Gasteiger partial charge in [0.2, 0.25) is 0 Å². The monoisotopic (exact) mass is 343 g/mol. The van der Waals surface area contributed by atoms with E-state index < -0.39 is 5.97 Å². The Labute approximate surface area is 154 Å². The molecule has 0 aliphatic carbocycles. The van der Waals surface area contributed by atoms with Crippen molar-refractivity contribution in [1.29, 1.82) is 0 Å². The molecule has 3 aromatic rings. The fraction of sp³-hybridized carbons (Fsp3) is 0.0870. The molecule has 0 radical (unpaired) electrons. The fourth-order valence-electron chi connectivity index (χ4n) is 2.72. The average Bonchev–Trinajstić information content (AvgIpc) is 2.70. The molecule has 3 rings (SSSR count). The number of ether oxygens (including phenoxy) is 1. The van der Waals surface area contributed by atoms with Crippen molar-refractivity contribution in [2.45, 2.75) is 13.1 Å². The smallest absolute Gasteiger partial charge is 0.335 e. The van der Waals surface area contributed by atoms with Crippen LogP contribution >= 0.6 is 0 Å². The van der Waals surface area contributed by atoms with Crippen LogP contribution in [0.2, 0.25) is 0 Å². The molecule has 0 atom stereocenters. The van der Waals surface area contributed by atoms with Crippen molar-refractivity contribution in [1.82, 2.24) is 0 Å². The van der Waals surface area contributed by atoms with E-state index in [9.17, 15) is 4.79 Å². The molecule has 0 N–H and O–H groups in total. The molecule has 0 spiro atoms. The number of esters is 1. The minimum atomic E-state index is -0.451. The summed E-state index contributed by atoms with van der Waals surface area (Å²) in [6.45, 7) is 4.98. The Bertz CT molecular complexity index is 842. The second kappa shape index (κ2) is 8.67. The Morgan fingerprint density at radius 2 is 1.35 bits per heavy atom. The molecule has 0 fully saturated rings. The molecule has 0 aromatic heterocycles. The van der Waals surface area contributed by atoms with Gasteiger partial charge in [0.25, 0.3) is 0 Å². The van der Waals surface area contributed by atoms with Crippen LogP contribution in [0.15, 0.2) is 97.6 Å². The van der Waals surface area contributed by atoms with Crippen LogP contribution in [-0.4, -0.2) is 5.97 Å². The number of carbonyl (C=O) groups is 1. The molecule has 0 bridgehead atoms. The van der Waals surface area contributed by atoms with E-state index in [0.717, 1.165) is 24.7 Å². The number of rotatable bonds is 7. The van der Waals surface area contributed by atoms with Crippen molar-refractivity contribution in [3.63, 3.8) is 0 Å². The van der Waals surface area contributed by atoms with E-state index in [1.54, 1.807) is 0 Å². The molecule has 3 heteroatoms. The van der Waals surface area contributed by atoms with Crippen molar-refractivity contribution >= 4 is 11.7 Å². The predicted molar refractivity (Wildman–Crippen MR) is 105 cm³/mol. The number of nitrogens with zero attached hydrogens (tertiary/aromatic N) is 1. The zero-order chi connectivity index (χ0) is 18.2. The molecule has 0 saturated carbocycles. The fourth-order valence-corrected chi connectivity index (χ4v) is 2.72. The van der Waals surface area contributed by atoms with Crippen molar-refractivity contribution < 1.29 is 9.53 Å². The van der Waals surface area contributed by atoms with Gasteiger partial charge in [-0.3, -0.25) is 0 Å². The molecule has 0 unspecified atom stereocenters. The molecule has 0 heterocycles. The summed E-state index contributed by atoms with van der Waals surface area (Å²) < 4.78 is 5.13. The number of anilines is 1. The lowest BCUT2D eigenvalue weighted by molar-refractivity contribution is -0.128. The van der Waals surface area contributed by atoms with Gasteiger partial charge in [-0.2, -0.15) is 0 Å². The van der Waals surface area contributed by atoms with Crippen LogP contribution < -0.4 is 9.64 Å². The number of hydrogen-bond acceptors (Lipinski definition) is 3. The van der Waals surface area contributed by atoms with Crippen LogP contribution in [0.1, 0.15) is 11.1 Å². The highest BCUT2D eigenvalue weighted by Crippen LogP contribution is 2.21. The second-order valence-electron chi connectivity index (χ2n) is 5.95. The van der Waals surface area contributed by atoms with Crippen molar-refractivity contribution in [3.05, 3.63) is 109 Å². The van der Waals surface area contributed by atoms with Gasteiger partial charge in [-0.05, 0) is 35.4 Å². The van der Waals surface area contributed by atoms with Crippen molar-refractivity contribution in [2.75, 3.05) is 4.90 Å². The zero-order valence-electron chi connectivity index (χ0n) is 14.5. The topological polar surface area (TPSA) is 29.5 Å². The van der Waals surface area contributed by atoms with Gasteiger partial charge < -0.3 is 9.64 Å². The second-order valence-corrected chi connectivity index (χ2v) is 5.95. The first-order valence-electron chi connectivity index (χ1n) is 8.52. The number of benzene rings is 3. The Kier molecular flexibility index (Phi) is 5.84. The number of hydrogen-bond donors (Lipinski definition) is 0. The van der Waals surface area contributed by atoms with Crippen LogP contribution in [0, 0.1) is 0 Å². The van der Waals surface area contributed by atoms with Crippen molar-refractivity contribution in [3.8, 4) is 5.75 Å². The minimum Gasteiger partial charge on any atom is -0.423 e. The van der Waals surface area contributed by atoms with E-state index in [1.165, 1.54) is 11.3 Å². The van der Waals surface area contributed by atoms with E-state index in [-0.39, 0.29) is 0 Å². The lowest BCUT2D eigenvalue weighted by atomic mass is 10.1. The van der Waals surface area contributed by atoms with Gasteiger partial charge in [-0.25, -0.2) is 4.79 Å². The third-order valence-electron chi connectivity index (χ3n) is 4.02. The van der Waals surface area contributed by atoms with Gasteiger partial charge in [0.05, 0.1) is 0 Å². The van der Waals surface area contributed by atoms with Gasteiger partial charge in [0, 0.05) is 24.9 Å². The van der Waals surface area contributed by atoms with Crippen LogP contribution in [0.3, 0.4) is 0 Å². The zero-order valence-corrected chi connectivity index (χ0v) is 14.5. The maximum atomic E-state index is 11.3. The molecule has 3 aromatic carbocycles. The van der Waals surface area contributed by atoms with Crippen molar-refractivity contribution in [2.24, 2.45) is 0 Å². The normalized spacial score (nSPS) is 10.2. The molecule has 0 amide bonds. The van der Waals surface area contributed by atoms with Gasteiger partial charge in [-0.1, -0.05) is 67.2 Å².